The zero-order valence-electron chi connectivity index (χ0n) is 9.45. The van der Waals surface area contributed by atoms with Crippen molar-refractivity contribution in [2.45, 2.75) is 27.2 Å². The molecule has 0 bridgehead atoms. The molecule has 0 radical (unpaired) electrons. The summed E-state index contributed by atoms with van der Waals surface area (Å²) in [5.41, 5.74) is 3.00. The third-order valence-corrected chi connectivity index (χ3v) is 2.31. The van der Waals surface area contributed by atoms with Gasteiger partial charge in [-0.2, -0.15) is 0 Å². The lowest BCUT2D eigenvalue weighted by Crippen LogP contribution is -2.27. The van der Waals surface area contributed by atoms with E-state index in [-0.39, 0.29) is 12.6 Å². The Balaban J connectivity index is 0.000000531. The molecule has 0 aliphatic carbocycles. The molecule has 1 amide bonds. The number of aliphatic hydroxyl groups is 1. The van der Waals surface area contributed by atoms with Crippen LogP contribution in [-0.4, -0.2) is 17.7 Å². The van der Waals surface area contributed by atoms with Crippen molar-refractivity contribution in [3.05, 3.63) is 29.3 Å². The fraction of sp³-hybridized carbons (Fsp3) is 0.417. The standard InChI is InChI=1S/C10H11NO2.C2H6/c1-7-2-3-9-8(4-7)5-10(13)11(9)6-12;1-2/h2-4,12H,5-6H2,1H3;1-2H3. The van der Waals surface area contributed by atoms with Crippen LogP contribution in [0, 0.1) is 6.92 Å². The van der Waals surface area contributed by atoms with Crippen molar-refractivity contribution in [1.29, 1.82) is 0 Å². The van der Waals surface area contributed by atoms with Crippen LogP contribution >= 0.6 is 0 Å². The summed E-state index contributed by atoms with van der Waals surface area (Å²) in [7, 11) is 0. The van der Waals surface area contributed by atoms with Gasteiger partial charge in [-0.05, 0) is 18.6 Å². The van der Waals surface area contributed by atoms with Gasteiger partial charge in [0, 0.05) is 5.69 Å². The van der Waals surface area contributed by atoms with Gasteiger partial charge in [0.1, 0.15) is 6.73 Å². The van der Waals surface area contributed by atoms with Crippen LogP contribution in [0.2, 0.25) is 0 Å². The summed E-state index contributed by atoms with van der Waals surface area (Å²) in [6.45, 7) is 5.77. The van der Waals surface area contributed by atoms with Crippen LogP contribution in [0.4, 0.5) is 5.69 Å². The number of hydrogen-bond acceptors (Lipinski definition) is 2. The zero-order valence-corrected chi connectivity index (χ0v) is 9.45. The molecule has 3 heteroatoms. The Labute approximate surface area is 90.3 Å². The molecule has 2 rings (SSSR count). The van der Waals surface area contributed by atoms with E-state index in [1.165, 1.54) is 4.90 Å². The third kappa shape index (κ3) is 2.18. The van der Waals surface area contributed by atoms with E-state index in [4.69, 9.17) is 5.11 Å². The quantitative estimate of drug-likeness (QED) is 0.763. The summed E-state index contributed by atoms with van der Waals surface area (Å²) in [6, 6.07) is 5.81. The number of carbonyl (C=O) groups excluding carboxylic acids is 1. The summed E-state index contributed by atoms with van der Waals surface area (Å²) in [4.78, 5) is 12.7. The first-order chi connectivity index (χ1) is 7.22. The molecule has 1 aliphatic rings. The average Bonchev–Trinajstić information content (AvgIpc) is 2.55. The lowest BCUT2D eigenvalue weighted by Gasteiger charge is -2.13. The van der Waals surface area contributed by atoms with Gasteiger partial charge in [0.2, 0.25) is 5.91 Å². The number of rotatable bonds is 1. The Kier molecular flexibility index (Phi) is 3.86. The maximum atomic E-state index is 11.3. The van der Waals surface area contributed by atoms with Gasteiger partial charge in [-0.25, -0.2) is 0 Å². The Morgan fingerprint density at radius 3 is 2.67 bits per heavy atom. The average molecular weight is 207 g/mol. The van der Waals surface area contributed by atoms with E-state index in [0.29, 0.717) is 6.42 Å². The predicted octanol–water partition coefficient (Wildman–Crippen LogP) is 1.86. The Bertz CT molecular complexity index is 361. The molecule has 0 saturated carbocycles. The maximum Gasteiger partial charge on any atom is 0.233 e. The highest BCUT2D eigenvalue weighted by atomic mass is 16.3. The van der Waals surface area contributed by atoms with Gasteiger partial charge in [0.15, 0.2) is 0 Å². The van der Waals surface area contributed by atoms with Gasteiger partial charge < -0.3 is 5.11 Å². The van der Waals surface area contributed by atoms with Crippen molar-refractivity contribution in [2.75, 3.05) is 11.6 Å². The third-order valence-electron chi connectivity index (χ3n) is 2.31. The molecular weight excluding hydrogens is 190 g/mol. The largest absolute Gasteiger partial charge is 0.376 e. The molecule has 1 aliphatic heterocycles. The van der Waals surface area contributed by atoms with Crippen LogP contribution in [-0.2, 0) is 11.2 Å². The van der Waals surface area contributed by atoms with Gasteiger partial charge in [-0.1, -0.05) is 31.5 Å². The minimum absolute atomic E-state index is 0.0249. The van der Waals surface area contributed by atoms with Crippen molar-refractivity contribution in [3.8, 4) is 0 Å². The second-order valence-electron chi connectivity index (χ2n) is 3.27. The van der Waals surface area contributed by atoms with E-state index in [2.05, 4.69) is 0 Å². The van der Waals surface area contributed by atoms with E-state index < -0.39 is 0 Å². The van der Waals surface area contributed by atoms with E-state index in [9.17, 15) is 4.79 Å². The summed E-state index contributed by atoms with van der Waals surface area (Å²) in [6.07, 6.45) is 0.414. The lowest BCUT2D eigenvalue weighted by atomic mass is 10.1. The predicted molar refractivity (Wildman–Crippen MR) is 60.8 cm³/mol. The molecule has 1 aromatic rings. The first kappa shape index (κ1) is 11.7. The molecule has 3 nitrogen and oxygen atoms in total. The first-order valence-corrected chi connectivity index (χ1v) is 5.23. The van der Waals surface area contributed by atoms with Crippen LogP contribution in [0.25, 0.3) is 0 Å². The van der Waals surface area contributed by atoms with Crippen molar-refractivity contribution in [2.24, 2.45) is 0 Å². The van der Waals surface area contributed by atoms with E-state index in [1.54, 1.807) is 0 Å². The normalized spacial score (nSPS) is 13.3. The molecule has 0 fully saturated rings. The molecule has 0 atom stereocenters. The zero-order chi connectivity index (χ0) is 11.4. The number of amides is 1. The smallest absolute Gasteiger partial charge is 0.233 e. The Morgan fingerprint density at radius 2 is 2.07 bits per heavy atom. The number of benzene rings is 1. The van der Waals surface area contributed by atoms with Crippen LogP contribution in [0.3, 0.4) is 0 Å². The maximum absolute atomic E-state index is 11.3. The number of carbonyl (C=O) groups is 1. The van der Waals surface area contributed by atoms with Gasteiger partial charge in [0.25, 0.3) is 0 Å². The Morgan fingerprint density at radius 1 is 1.40 bits per heavy atom. The van der Waals surface area contributed by atoms with Crippen molar-refractivity contribution in [1.82, 2.24) is 0 Å². The number of fused-ring (bicyclic) bond motifs is 1. The van der Waals surface area contributed by atoms with Gasteiger partial charge in [-0.3, -0.25) is 9.69 Å². The lowest BCUT2D eigenvalue weighted by molar-refractivity contribution is -0.118. The summed E-state index contributed by atoms with van der Waals surface area (Å²) in [5.74, 6) is -0.0249. The van der Waals surface area contributed by atoms with Gasteiger partial charge in [-0.15, -0.1) is 0 Å². The summed E-state index contributed by atoms with van der Waals surface area (Å²) >= 11 is 0. The monoisotopic (exact) mass is 207 g/mol. The Hall–Kier alpha value is -1.35. The van der Waals surface area contributed by atoms with Crippen molar-refractivity contribution in [3.63, 3.8) is 0 Å². The van der Waals surface area contributed by atoms with Gasteiger partial charge in [0.05, 0.1) is 6.42 Å². The van der Waals surface area contributed by atoms with E-state index in [1.807, 2.05) is 39.0 Å². The molecule has 0 spiro atoms. The number of hydrogen-bond donors (Lipinski definition) is 1. The number of aryl methyl sites for hydroxylation is 1. The summed E-state index contributed by atoms with van der Waals surface area (Å²) in [5, 5.41) is 8.96. The molecule has 1 aromatic carbocycles. The molecule has 0 unspecified atom stereocenters. The van der Waals surface area contributed by atoms with E-state index in [0.717, 1.165) is 16.8 Å². The number of anilines is 1. The second kappa shape index (κ2) is 4.94. The first-order valence-electron chi connectivity index (χ1n) is 5.23. The van der Waals surface area contributed by atoms with Crippen LogP contribution in [0.5, 0.6) is 0 Å². The highest BCUT2D eigenvalue weighted by molar-refractivity contribution is 6.01. The highest BCUT2D eigenvalue weighted by Crippen LogP contribution is 2.28. The topological polar surface area (TPSA) is 40.5 Å². The molecule has 1 heterocycles. The molecule has 15 heavy (non-hydrogen) atoms. The van der Waals surface area contributed by atoms with Gasteiger partial charge >= 0.3 is 0 Å². The summed E-state index contributed by atoms with van der Waals surface area (Å²) < 4.78 is 0. The molecule has 82 valence electrons. The number of aliphatic hydroxyl groups excluding tert-OH is 1. The number of nitrogens with zero attached hydrogens (tertiary/aromatic N) is 1. The van der Waals surface area contributed by atoms with Crippen molar-refractivity contribution < 1.29 is 9.90 Å². The van der Waals surface area contributed by atoms with Crippen LogP contribution in [0.1, 0.15) is 25.0 Å². The second-order valence-corrected chi connectivity index (χ2v) is 3.27. The fourth-order valence-electron chi connectivity index (χ4n) is 1.67. The molecule has 1 N–H and O–H groups in total. The fourth-order valence-corrected chi connectivity index (χ4v) is 1.67. The SMILES string of the molecule is CC.Cc1ccc2c(c1)CC(=O)N2CO. The molecular formula is C12H17NO2. The molecule has 0 aromatic heterocycles. The van der Waals surface area contributed by atoms with Crippen LogP contribution < -0.4 is 4.90 Å². The molecule has 0 saturated heterocycles. The van der Waals surface area contributed by atoms with Crippen molar-refractivity contribution >= 4 is 11.6 Å². The van der Waals surface area contributed by atoms with Crippen LogP contribution in [0.15, 0.2) is 18.2 Å². The van der Waals surface area contributed by atoms with E-state index >= 15 is 0 Å². The minimum Gasteiger partial charge on any atom is -0.376 e. The highest BCUT2D eigenvalue weighted by Gasteiger charge is 2.25. The minimum atomic E-state index is -0.227.